The molecule has 37 heavy (non-hydrogen) atoms. The van der Waals surface area contributed by atoms with Crippen LogP contribution in [0, 0.1) is 0 Å². The average molecular weight is 538 g/mol. The normalized spacial score (nSPS) is 18.2. The average Bonchev–Trinajstić information content (AvgIpc) is 3.50. The van der Waals surface area contributed by atoms with Crippen LogP contribution in [-0.4, -0.2) is 80.3 Å². The molecular formula is C23H28F6N4O4. The summed E-state index contributed by atoms with van der Waals surface area (Å²) in [5, 5.41) is 18.8. The summed E-state index contributed by atoms with van der Waals surface area (Å²) in [5.74, 6) is -5.51. The quantitative estimate of drug-likeness (QED) is 0.551. The Kier molecular flexibility index (Phi) is 10.9. The topological polar surface area (TPSA) is 98.9 Å². The molecule has 0 spiro atoms. The van der Waals surface area contributed by atoms with Crippen LogP contribution in [0.1, 0.15) is 36.6 Å². The van der Waals surface area contributed by atoms with Crippen LogP contribution in [0.25, 0.3) is 0 Å². The van der Waals surface area contributed by atoms with Gasteiger partial charge < -0.3 is 15.1 Å². The number of rotatable bonds is 5. The summed E-state index contributed by atoms with van der Waals surface area (Å²) in [4.78, 5) is 23.0. The molecule has 0 bridgehead atoms. The van der Waals surface area contributed by atoms with E-state index in [2.05, 4.69) is 56.0 Å². The van der Waals surface area contributed by atoms with Crippen molar-refractivity contribution in [3.05, 3.63) is 53.9 Å². The number of likely N-dealkylation sites (tertiary alicyclic amines) is 1. The standard InChI is InChI=1S/C19H26N4.2C2HF3O2/c1-2-6-17(7-3-1)14-22-15-18-8-10-20-23(18)19(16-22)9-13-21-11-4-5-12-21;2*3-2(4,5)1(6)7/h1-3,6-8,10,19H,4-5,9,11-16H2;2*(H,6,7). The van der Waals surface area contributed by atoms with E-state index in [1.165, 1.54) is 50.2 Å². The first-order chi connectivity index (χ1) is 17.3. The van der Waals surface area contributed by atoms with Gasteiger partial charge in [-0.05, 0) is 44.0 Å². The summed E-state index contributed by atoms with van der Waals surface area (Å²) >= 11 is 0. The fourth-order valence-electron chi connectivity index (χ4n) is 3.98. The van der Waals surface area contributed by atoms with E-state index in [4.69, 9.17) is 19.8 Å². The van der Waals surface area contributed by atoms with Crippen molar-refractivity contribution < 1.29 is 46.1 Å². The lowest BCUT2D eigenvalue weighted by molar-refractivity contribution is -0.193. The van der Waals surface area contributed by atoms with Crippen molar-refractivity contribution >= 4 is 11.9 Å². The molecule has 2 aromatic rings. The summed E-state index contributed by atoms with van der Waals surface area (Å²) in [6, 6.07) is 13.5. The van der Waals surface area contributed by atoms with E-state index < -0.39 is 24.3 Å². The number of aromatic nitrogens is 2. The Morgan fingerprint density at radius 2 is 1.43 bits per heavy atom. The molecule has 8 nitrogen and oxygen atoms in total. The maximum atomic E-state index is 10.6. The molecule has 1 fully saturated rings. The van der Waals surface area contributed by atoms with Gasteiger partial charge in [0.15, 0.2) is 0 Å². The lowest BCUT2D eigenvalue weighted by atomic mass is 10.1. The van der Waals surface area contributed by atoms with E-state index in [0.717, 1.165) is 19.6 Å². The molecule has 14 heteroatoms. The van der Waals surface area contributed by atoms with Gasteiger partial charge in [0.05, 0.1) is 11.7 Å². The van der Waals surface area contributed by atoms with Crippen LogP contribution in [-0.2, 0) is 22.7 Å². The Bertz CT molecular complexity index is 967. The minimum atomic E-state index is -5.08. The smallest absolute Gasteiger partial charge is 0.475 e. The maximum absolute atomic E-state index is 10.6. The molecule has 1 saturated heterocycles. The molecule has 206 valence electrons. The van der Waals surface area contributed by atoms with E-state index in [1.54, 1.807) is 0 Å². The van der Waals surface area contributed by atoms with Crippen molar-refractivity contribution in [2.24, 2.45) is 0 Å². The number of aliphatic carboxylic acids is 2. The second-order valence-electron chi connectivity index (χ2n) is 8.52. The van der Waals surface area contributed by atoms with Crippen LogP contribution >= 0.6 is 0 Å². The molecule has 1 aromatic carbocycles. The monoisotopic (exact) mass is 538 g/mol. The first kappa shape index (κ1) is 30.1. The molecule has 0 amide bonds. The van der Waals surface area contributed by atoms with Crippen LogP contribution < -0.4 is 0 Å². The minimum absolute atomic E-state index is 0.512. The van der Waals surface area contributed by atoms with Gasteiger partial charge in [-0.2, -0.15) is 31.4 Å². The van der Waals surface area contributed by atoms with E-state index in [0.29, 0.717) is 6.04 Å². The molecule has 1 atom stereocenters. The molecule has 4 rings (SSSR count). The number of carbonyl (C=O) groups is 2. The van der Waals surface area contributed by atoms with E-state index in [1.807, 2.05) is 6.20 Å². The lowest BCUT2D eigenvalue weighted by Gasteiger charge is -2.34. The summed E-state index contributed by atoms with van der Waals surface area (Å²) in [7, 11) is 0. The number of benzene rings is 1. The zero-order chi connectivity index (χ0) is 27.6. The highest BCUT2D eigenvalue weighted by atomic mass is 19.4. The zero-order valence-corrected chi connectivity index (χ0v) is 19.8. The van der Waals surface area contributed by atoms with Crippen molar-refractivity contribution in [3.63, 3.8) is 0 Å². The summed E-state index contributed by atoms with van der Waals surface area (Å²) in [6.07, 6.45) is -4.25. The molecular weight excluding hydrogens is 510 g/mol. The highest BCUT2D eigenvalue weighted by molar-refractivity contribution is 5.73. The fourth-order valence-corrected chi connectivity index (χ4v) is 3.98. The van der Waals surface area contributed by atoms with Gasteiger partial charge in [0.1, 0.15) is 0 Å². The molecule has 1 unspecified atom stereocenters. The van der Waals surface area contributed by atoms with Crippen LogP contribution in [0.2, 0.25) is 0 Å². The first-order valence-electron chi connectivity index (χ1n) is 11.4. The molecule has 0 aliphatic carbocycles. The van der Waals surface area contributed by atoms with Gasteiger partial charge in [0.25, 0.3) is 0 Å². The largest absolute Gasteiger partial charge is 0.490 e. The third kappa shape index (κ3) is 10.4. The molecule has 0 radical (unpaired) electrons. The van der Waals surface area contributed by atoms with Crippen LogP contribution in [0.5, 0.6) is 0 Å². The van der Waals surface area contributed by atoms with Crippen molar-refractivity contribution in [1.82, 2.24) is 19.6 Å². The molecule has 2 N–H and O–H groups in total. The van der Waals surface area contributed by atoms with Gasteiger partial charge in [-0.3, -0.25) is 9.58 Å². The summed E-state index contributed by atoms with van der Waals surface area (Å²) in [6.45, 7) is 6.93. The van der Waals surface area contributed by atoms with Crippen molar-refractivity contribution in [2.75, 3.05) is 26.2 Å². The van der Waals surface area contributed by atoms with Crippen LogP contribution in [0.3, 0.4) is 0 Å². The number of hydrogen-bond acceptors (Lipinski definition) is 5. The summed E-state index contributed by atoms with van der Waals surface area (Å²) < 4.78 is 65.7. The van der Waals surface area contributed by atoms with Crippen molar-refractivity contribution in [3.8, 4) is 0 Å². The fraction of sp³-hybridized carbons (Fsp3) is 0.522. The second kappa shape index (κ2) is 13.4. The number of fused-ring (bicyclic) bond motifs is 1. The number of carboxylic acids is 2. The second-order valence-corrected chi connectivity index (χ2v) is 8.52. The number of hydrogen-bond donors (Lipinski definition) is 2. The molecule has 0 saturated carbocycles. The Hall–Kier alpha value is -3.13. The molecule has 2 aliphatic heterocycles. The maximum Gasteiger partial charge on any atom is 0.490 e. The summed E-state index contributed by atoms with van der Waals surface area (Å²) in [5.41, 5.74) is 2.76. The van der Waals surface area contributed by atoms with Gasteiger partial charge in [0, 0.05) is 32.4 Å². The third-order valence-corrected chi connectivity index (χ3v) is 5.66. The van der Waals surface area contributed by atoms with Gasteiger partial charge in [0.2, 0.25) is 0 Å². The number of nitrogens with zero attached hydrogens (tertiary/aromatic N) is 4. The number of alkyl halides is 6. The zero-order valence-electron chi connectivity index (χ0n) is 19.8. The predicted molar refractivity (Wildman–Crippen MR) is 119 cm³/mol. The van der Waals surface area contributed by atoms with Crippen LogP contribution in [0.4, 0.5) is 26.3 Å². The first-order valence-corrected chi connectivity index (χ1v) is 11.4. The number of halogens is 6. The van der Waals surface area contributed by atoms with E-state index in [-0.39, 0.29) is 0 Å². The van der Waals surface area contributed by atoms with Gasteiger partial charge in [-0.25, -0.2) is 9.59 Å². The number of carboxylic acid groups (broad SMARTS) is 2. The SMILES string of the molecule is O=C(O)C(F)(F)F.O=C(O)C(F)(F)F.c1ccc(CN2Cc3ccnn3C(CCN3CCCC3)C2)cc1. The molecule has 3 heterocycles. The highest BCUT2D eigenvalue weighted by Gasteiger charge is 2.38. The molecule has 2 aliphatic rings. The lowest BCUT2D eigenvalue weighted by Crippen LogP contribution is -2.38. The van der Waals surface area contributed by atoms with Gasteiger partial charge in [-0.1, -0.05) is 30.3 Å². The predicted octanol–water partition coefficient (Wildman–Crippen LogP) is 4.19. The minimum Gasteiger partial charge on any atom is -0.475 e. The van der Waals surface area contributed by atoms with Gasteiger partial charge in [-0.15, -0.1) is 0 Å². The molecule has 1 aromatic heterocycles. The van der Waals surface area contributed by atoms with Crippen molar-refractivity contribution in [1.29, 1.82) is 0 Å². The van der Waals surface area contributed by atoms with Crippen LogP contribution in [0.15, 0.2) is 42.6 Å². The van der Waals surface area contributed by atoms with Gasteiger partial charge >= 0.3 is 24.3 Å². The Morgan fingerprint density at radius 1 is 0.892 bits per heavy atom. The van der Waals surface area contributed by atoms with Crippen molar-refractivity contribution in [2.45, 2.75) is 50.7 Å². The third-order valence-electron chi connectivity index (χ3n) is 5.66. The van der Waals surface area contributed by atoms with E-state index in [9.17, 15) is 26.3 Å². The highest BCUT2D eigenvalue weighted by Crippen LogP contribution is 2.25. The Morgan fingerprint density at radius 3 is 1.95 bits per heavy atom. The van der Waals surface area contributed by atoms with E-state index >= 15 is 0 Å². The Balaban J connectivity index is 0.000000286. The Labute approximate surface area is 209 Å².